The van der Waals surface area contributed by atoms with Gasteiger partial charge in [-0.2, -0.15) is 0 Å². The zero-order chi connectivity index (χ0) is 18.9. The van der Waals surface area contributed by atoms with Crippen molar-refractivity contribution in [3.8, 4) is 0 Å². The van der Waals surface area contributed by atoms with Gasteiger partial charge >= 0.3 is 6.09 Å². The highest BCUT2D eigenvalue weighted by Gasteiger charge is 2.14. The number of benzene rings is 2. The zero-order valence-corrected chi connectivity index (χ0v) is 14.9. The molecule has 2 rings (SSSR count). The van der Waals surface area contributed by atoms with Crippen molar-refractivity contribution < 1.29 is 14.5 Å². The molecule has 1 amide bonds. The summed E-state index contributed by atoms with van der Waals surface area (Å²) in [5.74, 6) is 0. The Bertz CT molecular complexity index is 801. The first-order chi connectivity index (χ1) is 12.5. The Morgan fingerprint density at radius 2 is 1.96 bits per heavy atom. The van der Waals surface area contributed by atoms with Gasteiger partial charge in [0.25, 0.3) is 5.69 Å². The van der Waals surface area contributed by atoms with Crippen molar-refractivity contribution in [2.45, 2.75) is 26.9 Å². The van der Waals surface area contributed by atoms with Crippen LogP contribution in [0.4, 0.5) is 10.5 Å². The van der Waals surface area contributed by atoms with Crippen LogP contribution in [0.25, 0.3) is 6.08 Å². The molecule has 0 heterocycles. The maximum atomic E-state index is 11.6. The Morgan fingerprint density at radius 3 is 2.65 bits per heavy atom. The van der Waals surface area contributed by atoms with Crippen molar-refractivity contribution in [1.29, 1.82) is 0 Å². The van der Waals surface area contributed by atoms with Crippen LogP contribution < -0.4 is 5.32 Å². The molecule has 0 saturated heterocycles. The minimum Gasteiger partial charge on any atom is -0.445 e. The summed E-state index contributed by atoms with van der Waals surface area (Å²) in [6.07, 6.45) is 3.59. The average Bonchev–Trinajstić information content (AvgIpc) is 2.61. The number of nitro benzene ring substituents is 1. The monoisotopic (exact) mass is 354 g/mol. The van der Waals surface area contributed by atoms with Crippen molar-refractivity contribution in [1.82, 2.24) is 5.32 Å². The Balaban J connectivity index is 1.81. The summed E-state index contributed by atoms with van der Waals surface area (Å²) < 4.78 is 5.11. The van der Waals surface area contributed by atoms with Crippen molar-refractivity contribution in [3.05, 3.63) is 80.9 Å². The van der Waals surface area contributed by atoms with E-state index in [9.17, 15) is 14.9 Å². The molecule has 2 aromatic carbocycles. The molecule has 0 atom stereocenters. The van der Waals surface area contributed by atoms with Gasteiger partial charge in [0.1, 0.15) is 6.61 Å². The van der Waals surface area contributed by atoms with E-state index in [0.717, 1.165) is 16.7 Å². The third-order valence-electron chi connectivity index (χ3n) is 3.78. The molecule has 0 spiro atoms. The van der Waals surface area contributed by atoms with Crippen LogP contribution >= 0.6 is 0 Å². The molecular weight excluding hydrogens is 332 g/mol. The maximum absolute atomic E-state index is 11.6. The number of ether oxygens (including phenoxy) is 1. The Kier molecular flexibility index (Phi) is 6.91. The Morgan fingerprint density at radius 1 is 1.23 bits per heavy atom. The van der Waals surface area contributed by atoms with Crippen LogP contribution in [0.1, 0.15) is 28.7 Å². The zero-order valence-electron chi connectivity index (χ0n) is 14.9. The second-order valence-corrected chi connectivity index (χ2v) is 5.95. The molecule has 0 bridgehead atoms. The molecule has 6 nitrogen and oxygen atoms in total. The molecule has 0 saturated carbocycles. The molecule has 0 aliphatic heterocycles. The number of aryl methyl sites for hydroxylation is 2. The number of carbonyl (C=O) groups is 1. The minimum atomic E-state index is -0.486. The van der Waals surface area contributed by atoms with Gasteiger partial charge in [0.15, 0.2) is 0 Å². The average molecular weight is 354 g/mol. The molecule has 0 unspecified atom stereocenters. The summed E-state index contributed by atoms with van der Waals surface area (Å²) in [5, 5.41) is 13.8. The van der Waals surface area contributed by atoms with Gasteiger partial charge in [-0.25, -0.2) is 4.79 Å². The predicted molar refractivity (Wildman–Crippen MR) is 101 cm³/mol. The summed E-state index contributed by atoms with van der Waals surface area (Å²) in [6.45, 7) is 4.29. The van der Waals surface area contributed by atoms with E-state index < -0.39 is 6.09 Å². The number of hydrogen-bond acceptors (Lipinski definition) is 4. The molecule has 136 valence electrons. The van der Waals surface area contributed by atoms with E-state index >= 15 is 0 Å². The largest absolute Gasteiger partial charge is 0.445 e. The van der Waals surface area contributed by atoms with Crippen molar-refractivity contribution in [2.24, 2.45) is 0 Å². The summed E-state index contributed by atoms with van der Waals surface area (Å²) in [7, 11) is 0. The van der Waals surface area contributed by atoms with E-state index in [4.69, 9.17) is 4.74 Å². The van der Waals surface area contributed by atoms with Crippen molar-refractivity contribution in [3.63, 3.8) is 0 Å². The lowest BCUT2D eigenvalue weighted by Crippen LogP contribution is -2.24. The molecular formula is C20H22N2O4. The fourth-order valence-electron chi connectivity index (χ4n) is 2.56. The highest BCUT2D eigenvalue weighted by atomic mass is 16.6. The fraction of sp³-hybridized carbons (Fsp3) is 0.250. The van der Waals surface area contributed by atoms with Crippen molar-refractivity contribution >= 4 is 17.9 Å². The second-order valence-electron chi connectivity index (χ2n) is 5.95. The maximum Gasteiger partial charge on any atom is 0.407 e. The topological polar surface area (TPSA) is 81.5 Å². The summed E-state index contributed by atoms with van der Waals surface area (Å²) in [5.41, 5.74) is 3.31. The molecule has 6 heteroatoms. The first kappa shape index (κ1) is 19.2. The van der Waals surface area contributed by atoms with Gasteiger partial charge in [-0.1, -0.05) is 48.6 Å². The second kappa shape index (κ2) is 9.36. The van der Waals surface area contributed by atoms with Crippen LogP contribution in [0.5, 0.6) is 0 Å². The third kappa shape index (κ3) is 5.73. The van der Waals surface area contributed by atoms with Gasteiger partial charge in [-0.05, 0) is 37.0 Å². The summed E-state index contributed by atoms with van der Waals surface area (Å²) in [4.78, 5) is 22.5. The van der Waals surface area contributed by atoms with Crippen LogP contribution in [0.3, 0.4) is 0 Å². The Labute approximate surface area is 152 Å². The molecule has 2 aromatic rings. The molecule has 0 fully saturated rings. The normalized spacial score (nSPS) is 10.7. The number of nitro groups is 1. The van der Waals surface area contributed by atoms with Crippen LogP contribution in [-0.4, -0.2) is 17.6 Å². The number of rotatable bonds is 7. The van der Waals surface area contributed by atoms with E-state index in [-0.39, 0.29) is 17.2 Å². The highest BCUT2D eigenvalue weighted by molar-refractivity contribution is 5.67. The lowest BCUT2D eigenvalue weighted by molar-refractivity contribution is -0.385. The first-order valence-electron chi connectivity index (χ1n) is 8.34. The molecule has 0 aliphatic rings. The van der Waals surface area contributed by atoms with E-state index in [0.29, 0.717) is 18.5 Å². The van der Waals surface area contributed by atoms with E-state index in [1.165, 1.54) is 0 Å². The lowest BCUT2D eigenvalue weighted by atomic mass is 10.0. The SMILES string of the molecule is Cc1cc(C)c(C=CCCNC(=O)OCc2ccccc2)c([N+](=O)[O-])c1. The Hall–Kier alpha value is -3.15. The number of alkyl carbamates (subject to hydrolysis) is 1. The lowest BCUT2D eigenvalue weighted by Gasteiger charge is -2.06. The first-order valence-corrected chi connectivity index (χ1v) is 8.34. The van der Waals surface area contributed by atoms with E-state index in [2.05, 4.69) is 5.32 Å². The van der Waals surface area contributed by atoms with Crippen LogP contribution in [-0.2, 0) is 11.3 Å². The molecule has 1 N–H and O–H groups in total. The molecule has 0 radical (unpaired) electrons. The number of nitrogens with zero attached hydrogens (tertiary/aromatic N) is 1. The van der Waals surface area contributed by atoms with Gasteiger partial charge < -0.3 is 10.1 Å². The number of nitrogens with one attached hydrogen (secondary N) is 1. The third-order valence-corrected chi connectivity index (χ3v) is 3.78. The predicted octanol–water partition coefficient (Wildman–Crippen LogP) is 4.54. The number of hydrogen-bond donors (Lipinski definition) is 1. The quantitative estimate of drug-likeness (QED) is 0.449. The smallest absolute Gasteiger partial charge is 0.407 e. The van der Waals surface area contributed by atoms with Crippen LogP contribution in [0.2, 0.25) is 0 Å². The van der Waals surface area contributed by atoms with Gasteiger partial charge in [-0.15, -0.1) is 0 Å². The fourth-order valence-corrected chi connectivity index (χ4v) is 2.56. The van der Waals surface area contributed by atoms with Gasteiger partial charge in [0.05, 0.1) is 10.5 Å². The van der Waals surface area contributed by atoms with Gasteiger partial charge in [0, 0.05) is 12.6 Å². The molecule has 0 aromatic heterocycles. The highest BCUT2D eigenvalue weighted by Crippen LogP contribution is 2.25. The van der Waals surface area contributed by atoms with Crippen molar-refractivity contribution in [2.75, 3.05) is 6.54 Å². The molecule has 26 heavy (non-hydrogen) atoms. The van der Waals surface area contributed by atoms with E-state index in [1.807, 2.05) is 56.3 Å². The summed E-state index contributed by atoms with van der Waals surface area (Å²) >= 11 is 0. The van der Waals surface area contributed by atoms with E-state index in [1.54, 1.807) is 12.1 Å². The number of amides is 1. The van der Waals surface area contributed by atoms with Gasteiger partial charge in [0.2, 0.25) is 0 Å². The molecule has 0 aliphatic carbocycles. The van der Waals surface area contributed by atoms with Crippen LogP contribution in [0, 0.1) is 24.0 Å². The standard InChI is InChI=1S/C20H22N2O4/c1-15-12-16(2)18(19(13-15)22(24)25)10-6-7-11-21-20(23)26-14-17-8-4-3-5-9-17/h3-6,8-10,12-13H,7,11,14H2,1-2H3,(H,21,23). The minimum absolute atomic E-state index is 0.0916. The number of carbonyl (C=O) groups excluding carboxylic acids is 1. The van der Waals surface area contributed by atoms with Gasteiger partial charge in [-0.3, -0.25) is 10.1 Å². The summed E-state index contributed by atoms with van der Waals surface area (Å²) in [6, 6.07) is 12.9. The van der Waals surface area contributed by atoms with Crippen LogP contribution in [0.15, 0.2) is 48.5 Å².